The zero-order valence-corrected chi connectivity index (χ0v) is 17.6. The molecule has 0 spiro atoms. The van der Waals surface area contributed by atoms with Gasteiger partial charge in [-0.2, -0.15) is 5.26 Å². The Morgan fingerprint density at radius 1 is 1.17 bits per heavy atom. The van der Waals surface area contributed by atoms with Crippen molar-refractivity contribution in [3.8, 4) is 17.6 Å². The third kappa shape index (κ3) is 4.87. The molecule has 154 valence electrons. The van der Waals surface area contributed by atoms with Crippen molar-refractivity contribution in [3.05, 3.63) is 76.7 Å². The van der Waals surface area contributed by atoms with Gasteiger partial charge in [0, 0.05) is 5.02 Å². The number of nitriles is 1. The van der Waals surface area contributed by atoms with E-state index < -0.39 is 15.8 Å². The number of anilines is 1. The van der Waals surface area contributed by atoms with E-state index in [0.29, 0.717) is 10.8 Å². The van der Waals surface area contributed by atoms with E-state index in [1.54, 1.807) is 18.2 Å². The Labute approximate surface area is 179 Å². The molecular formula is C21H17ClFN3O3S. The molecule has 0 aliphatic rings. The lowest BCUT2D eigenvalue weighted by atomic mass is 10.0. The number of benzene rings is 2. The van der Waals surface area contributed by atoms with Crippen LogP contribution in [-0.4, -0.2) is 13.4 Å². The second-order valence-electron chi connectivity index (χ2n) is 6.68. The zero-order chi connectivity index (χ0) is 21.9. The van der Waals surface area contributed by atoms with Crippen LogP contribution in [-0.2, 0) is 10.0 Å². The average Bonchev–Trinajstić information content (AvgIpc) is 2.71. The van der Waals surface area contributed by atoms with Gasteiger partial charge in [0.15, 0.2) is 0 Å². The molecule has 3 aromatic rings. The molecule has 0 atom stereocenters. The van der Waals surface area contributed by atoms with Crippen LogP contribution in [0, 0.1) is 17.1 Å². The minimum absolute atomic E-state index is 0.0333. The summed E-state index contributed by atoms with van der Waals surface area (Å²) in [6.07, 6.45) is 0.896. The Morgan fingerprint density at radius 2 is 1.93 bits per heavy atom. The smallest absolute Gasteiger partial charge is 0.263 e. The molecule has 0 fully saturated rings. The number of sulfonamides is 1. The van der Waals surface area contributed by atoms with Gasteiger partial charge >= 0.3 is 0 Å². The van der Waals surface area contributed by atoms with Gasteiger partial charge in [0.25, 0.3) is 10.0 Å². The number of nitrogens with zero attached hydrogens (tertiary/aromatic N) is 2. The highest BCUT2D eigenvalue weighted by Gasteiger charge is 2.18. The lowest BCUT2D eigenvalue weighted by molar-refractivity contribution is 0.479. The minimum Gasteiger partial charge on any atom is -0.456 e. The molecule has 6 nitrogen and oxygen atoms in total. The highest BCUT2D eigenvalue weighted by molar-refractivity contribution is 7.92. The first-order chi connectivity index (χ1) is 14.2. The van der Waals surface area contributed by atoms with Crippen LogP contribution in [0.4, 0.5) is 10.2 Å². The summed E-state index contributed by atoms with van der Waals surface area (Å²) < 4.78 is 46.1. The fourth-order valence-electron chi connectivity index (χ4n) is 2.64. The number of ether oxygens (including phenoxy) is 1. The predicted molar refractivity (Wildman–Crippen MR) is 112 cm³/mol. The Balaban J connectivity index is 1.89. The number of pyridine rings is 1. The molecule has 1 aromatic heterocycles. The summed E-state index contributed by atoms with van der Waals surface area (Å²) in [7, 11) is -4.03. The number of hydrogen-bond acceptors (Lipinski definition) is 5. The summed E-state index contributed by atoms with van der Waals surface area (Å²) in [5, 5.41) is 10.1. The third-order valence-corrected chi connectivity index (χ3v) is 5.86. The van der Waals surface area contributed by atoms with E-state index in [0.717, 1.165) is 17.8 Å². The van der Waals surface area contributed by atoms with Gasteiger partial charge in [-0.25, -0.2) is 17.8 Å². The Kier molecular flexibility index (Phi) is 6.25. The fourth-order valence-corrected chi connectivity index (χ4v) is 4.01. The van der Waals surface area contributed by atoms with E-state index in [1.165, 1.54) is 24.3 Å². The minimum atomic E-state index is -4.03. The maximum absolute atomic E-state index is 13.0. The van der Waals surface area contributed by atoms with E-state index in [4.69, 9.17) is 16.3 Å². The van der Waals surface area contributed by atoms with Gasteiger partial charge in [-0.3, -0.25) is 4.72 Å². The zero-order valence-electron chi connectivity index (χ0n) is 16.1. The van der Waals surface area contributed by atoms with Crippen LogP contribution in [0.3, 0.4) is 0 Å². The molecule has 0 amide bonds. The van der Waals surface area contributed by atoms with Crippen molar-refractivity contribution < 1.29 is 17.5 Å². The van der Waals surface area contributed by atoms with E-state index >= 15 is 0 Å². The van der Waals surface area contributed by atoms with Crippen molar-refractivity contribution in [3.63, 3.8) is 0 Å². The number of halogens is 2. The highest BCUT2D eigenvalue weighted by atomic mass is 35.5. The molecule has 0 aliphatic carbocycles. The maximum Gasteiger partial charge on any atom is 0.263 e. The largest absolute Gasteiger partial charge is 0.456 e. The van der Waals surface area contributed by atoms with Crippen LogP contribution in [0.5, 0.6) is 11.5 Å². The van der Waals surface area contributed by atoms with Crippen LogP contribution in [0.25, 0.3) is 0 Å². The van der Waals surface area contributed by atoms with E-state index in [9.17, 15) is 18.1 Å². The first-order valence-corrected chi connectivity index (χ1v) is 10.7. The first kappa shape index (κ1) is 21.6. The maximum atomic E-state index is 13.0. The average molecular weight is 446 g/mol. The summed E-state index contributed by atoms with van der Waals surface area (Å²) >= 11 is 6.19. The number of nitrogens with one attached hydrogen (secondary N) is 1. The summed E-state index contributed by atoms with van der Waals surface area (Å²) in [6.45, 7) is 3.99. The van der Waals surface area contributed by atoms with Crippen molar-refractivity contribution in [2.24, 2.45) is 0 Å². The fraction of sp³-hybridized carbons (Fsp3) is 0.143. The van der Waals surface area contributed by atoms with Crippen LogP contribution >= 0.6 is 11.6 Å². The lowest BCUT2D eigenvalue weighted by Gasteiger charge is -2.13. The molecule has 0 saturated heterocycles. The SMILES string of the molecule is CC(C)c1cc(Oc2ccc(S(=O)(=O)Nc3ccc(F)cn3)cc2C#N)ccc1Cl. The molecule has 0 aliphatic heterocycles. The molecule has 0 bridgehead atoms. The normalized spacial score (nSPS) is 11.2. The van der Waals surface area contributed by atoms with Crippen molar-refractivity contribution >= 4 is 27.4 Å². The second-order valence-corrected chi connectivity index (χ2v) is 8.77. The summed E-state index contributed by atoms with van der Waals surface area (Å²) in [4.78, 5) is 3.51. The van der Waals surface area contributed by atoms with Gasteiger partial charge in [0.05, 0.1) is 16.7 Å². The lowest BCUT2D eigenvalue weighted by Crippen LogP contribution is -2.14. The first-order valence-electron chi connectivity index (χ1n) is 8.85. The van der Waals surface area contributed by atoms with E-state index in [2.05, 4.69) is 9.71 Å². The summed E-state index contributed by atoms with van der Waals surface area (Å²) in [6, 6.07) is 13.3. The van der Waals surface area contributed by atoms with Gasteiger partial charge in [-0.05, 0) is 60.0 Å². The van der Waals surface area contributed by atoms with Gasteiger partial charge < -0.3 is 4.74 Å². The van der Waals surface area contributed by atoms with Crippen molar-refractivity contribution in [1.29, 1.82) is 5.26 Å². The van der Waals surface area contributed by atoms with Crippen molar-refractivity contribution in [2.75, 3.05) is 4.72 Å². The van der Waals surface area contributed by atoms with Crippen LogP contribution in [0.15, 0.2) is 59.6 Å². The van der Waals surface area contributed by atoms with Gasteiger partial charge in [-0.1, -0.05) is 25.4 Å². The monoisotopic (exact) mass is 445 g/mol. The molecule has 2 aromatic carbocycles. The molecule has 3 rings (SSSR count). The predicted octanol–water partition coefficient (Wildman–Crippen LogP) is 5.46. The molecule has 1 N–H and O–H groups in total. The third-order valence-electron chi connectivity index (χ3n) is 4.17. The number of rotatable bonds is 6. The molecule has 0 unspecified atom stereocenters. The Hall–Kier alpha value is -3.15. The van der Waals surface area contributed by atoms with E-state index in [-0.39, 0.29) is 27.9 Å². The van der Waals surface area contributed by atoms with Crippen LogP contribution < -0.4 is 9.46 Å². The van der Waals surface area contributed by atoms with Gasteiger partial charge in [0.1, 0.15) is 29.2 Å². The van der Waals surface area contributed by atoms with Crippen LogP contribution in [0.2, 0.25) is 5.02 Å². The van der Waals surface area contributed by atoms with Crippen molar-refractivity contribution in [2.45, 2.75) is 24.7 Å². The molecule has 9 heteroatoms. The molecular weight excluding hydrogens is 429 g/mol. The molecule has 1 heterocycles. The number of hydrogen-bond donors (Lipinski definition) is 1. The molecule has 0 saturated carbocycles. The van der Waals surface area contributed by atoms with Gasteiger partial charge in [-0.15, -0.1) is 0 Å². The van der Waals surface area contributed by atoms with Crippen LogP contribution in [0.1, 0.15) is 30.9 Å². The quantitative estimate of drug-likeness (QED) is 0.543. The Bertz CT molecular complexity index is 1220. The number of aromatic nitrogens is 1. The standard InChI is InChI=1S/C21H17ClFN3O3S/c1-13(2)18-10-16(4-6-19(18)22)29-20-7-5-17(9-14(20)11-24)30(27,28)26-21-8-3-15(23)12-25-21/h3-10,12-13H,1-2H3,(H,25,26). The highest BCUT2D eigenvalue weighted by Crippen LogP contribution is 2.32. The second kappa shape index (κ2) is 8.69. The van der Waals surface area contributed by atoms with E-state index in [1.807, 2.05) is 19.9 Å². The molecule has 0 radical (unpaired) electrons. The summed E-state index contributed by atoms with van der Waals surface area (Å²) in [5.74, 6) is 0.221. The van der Waals surface area contributed by atoms with Crippen molar-refractivity contribution in [1.82, 2.24) is 4.98 Å². The summed E-state index contributed by atoms with van der Waals surface area (Å²) in [5.41, 5.74) is 0.925. The topological polar surface area (TPSA) is 92.1 Å². The Morgan fingerprint density at radius 3 is 2.57 bits per heavy atom. The van der Waals surface area contributed by atoms with Gasteiger partial charge in [0.2, 0.25) is 0 Å². The molecule has 30 heavy (non-hydrogen) atoms.